The van der Waals surface area contributed by atoms with Crippen LogP contribution in [-0.2, 0) is 4.79 Å². The lowest BCUT2D eigenvalue weighted by Gasteiger charge is -2.32. The molecule has 2 unspecified atom stereocenters. The van der Waals surface area contributed by atoms with Crippen LogP contribution in [-0.4, -0.2) is 29.0 Å². The van der Waals surface area contributed by atoms with Gasteiger partial charge in [0.15, 0.2) is 0 Å². The molecule has 1 saturated heterocycles. The Morgan fingerprint density at radius 1 is 1.27 bits per heavy atom. The van der Waals surface area contributed by atoms with Crippen molar-refractivity contribution < 1.29 is 9.21 Å². The Bertz CT molecular complexity index is 860. The maximum atomic E-state index is 12.8. The van der Waals surface area contributed by atoms with Crippen molar-refractivity contribution in [2.45, 2.75) is 25.8 Å². The van der Waals surface area contributed by atoms with Gasteiger partial charge in [-0.2, -0.15) is 0 Å². The van der Waals surface area contributed by atoms with E-state index in [0.717, 1.165) is 36.1 Å². The molecule has 1 aliphatic rings. The Morgan fingerprint density at radius 2 is 2.08 bits per heavy atom. The SMILES string of the molecule is CC(NC(=O)C1CCCN(c2ncccn2)C1)c1cc2ccccc2o1. The van der Waals surface area contributed by atoms with Crippen LogP contribution in [0, 0.1) is 5.92 Å². The van der Waals surface area contributed by atoms with Crippen LogP contribution in [0.3, 0.4) is 0 Å². The molecule has 0 saturated carbocycles. The molecule has 1 amide bonds. The number of aromatic nitrogens is 2. The van der Waals surface area contributed by atoms with E-state index in [9.17, 15) is 4.79 Å². The fourth-order valence-electron chi connectivity index (χ4n) is 3.45. The number of hydrogen-bond donors (Lipinski definition) is 1. The van der Waals surface area contributed by atoms with Crippen molar-refractivity contribution in [2.75, 3.05) is 18.0 Å². The monoisotopic (exact) mass is 350 g/mol. The third kappa shape index (κ3) is 3.40. The first-order chi connectivity index (χ1) is 12.7. The van der Waals surface area contributed by atoms with Crippen molar-refractivity contribution in [1.29, 1.82) is 0 Å². The summed E-state index contributed by atoms with van der Waals surface area (Å²) in [5.41, 5.74) is 0.841. The van der Waals surface area contributed by atoms with Gasteiger partial charge in [-0.1, -0.05) is 18.2 Å². The summed E-state index contributed by atoms with van der Waals surface area (Å²) in [4.78, 5) is 23.4. The van der Waals surface area contributed by atoms with E-state index in [0.29, 0.717) is 12.5 Å². The minimum atomic E-state index is -0.168. The normalized spacial score (nSPS) is 18.7. The van der Waals surface area contributed by atoms with Gasteiger partial charge in [-0.3, -0.25) is 4.79 Å². The highest BCUT2D eigenvalue weighted by atomic mass is 16.3. The smallest absolute Gasteiger partial charge is 0.225 e. The standard InChI is InChI=1S/C20H22N4O2/c1-14(18-12-15-6-2-3-8-17(15)26-18)23-19(25)16-7-4-11-24(13-16)20-21-9-5-10-22-20/h2-3,5-6,8-10,12,14,16H,4,7,11,13H2,1H3,(H,23,25). The summed E-state index contributed by atoms with van der Waals surface area (Å²) in [7, 11) is 0. The Morgan fingerprint density at radius 3 is 2.88 bits per heavy atom. The van der Waals surface area contributed by atoms with E-state index in [1.165, 1.54) is 0 Å². The molecular formula is C20H22N4O2. The summed E-state index contributed by atoms with van der Waals surface area (Å²) >= 11 is 0. The van der Waals surface area contributed by atoms with E-state index in [4.69, 9.17) is 4.42 Å². The molecule has 4 rings (SSSR count). The number of hydrogen-bond acceptors (Lipinski definition) is 5. The zero-order valence-electron chi connectivity index (χ0n) is 14.8. The van der Waals surface area contributed by atoms with Crippen LogP contribution in [0.5, 0.6) is 0 Å². The number of benzene rings is 1. The van der Waals surface area contributed by atoms with Gasteiger partial charge in [0.25, 0.3) is 0 Å². The number of carbonyl (C=O) groups excluding carboxylic acids is 1. The molecule has 1 fully saturated rings. The summed E-state index contributed by atoms with van der Waals surface area (Å²) in [6.07, 6.45) is 5.29. The molecule has 3 heterocycles. The summed E-state index contributed by atoms with van der Waals surface area (Å²) in [5.74, 6) is 1.45. The predicted octanol–water partition coefficient (Wildman–Crippen LogP) is 3.32. The number of rotatable bonds is 4. The molecule has 2 atom stereocenters. The van der Waals surface area contributed by atoms with Crippen molar-refractivity contribution in [3.05, 3.63) is 54.6 Å². The highest BCUT2D eigenvalue weighted by molar-refractivity contribution is 5.81. The summed E-state index contributed by atoms with van der Waals surface area (Å²) in [6, 6.07) is 11.5. The van der Waals surface area contributed by atoms with E-state index in [-0.39, 0.29) is 17.9 Å². The molecule has 26 heavy (non-hydrogen) atoms. The molecule has 0 aliphatic carbocycles. The quantitative estimate of drug-likeness (QED) is 0.781. The molecule has 3 aromatic rings. The van der Waals surface area contributed by atoms with E-state index in [1.54, 1.807) is 18.5 Å². The van der Waals surface area contributed by atoms with Crippen LogP contribution in [0.25, 0.3) is 11.0 Å². The average molecular weight is 350 g/mol. The fraction of sp³-hybridized carbons (Fsp3) is 0.350. The highest BCUT2D eigenvalue weighted by Gasteiger charge is 2.28. The van der Waals surface area contributed by atoms with E-state index >= 15 is 0 Å². The van der Waals surface area contributed by atoms with Crippen molar-refractivity contribution in [2.24, 2.45) is 5.92 Å². The topological polar surface area (TPSA) is 71.3 Å². The van der Waals surface area contributed by atoms with Crippen molar-refractivity contribution in [3.63, 3.8) is 0 Å². The van der Waals surface area contributed by atoms with Crippen molar-refractivity contribution >= 4 is 22.8 Å². The van der Waals surface area contributed by atoms with Gasteiger partial charge in [0.1, 0.15) is 11.3 Å². The first kappa shape index (κ1) is 16.6. The second-order valence-electron chi connectivity index (χ2n) is 6.75. The number of furan rings is 1. The molecule has 6 heteroatoms. The number of anilines is 1. The number of fused-ring (bicyclic) bond motifs is 1. The fourth-order valence-corrected chi connectivity index (χ4v) is 3.45. The van der Waals surface area contributed by atoms with Crippen LogP contribution in [0.2, 0.25) is 0 Å². The van der Waals surface area contributed by atoms with E-state index in [2.05, 4.69) is 20.2 Å². The lowest BCUT2D eigenvalue weighted by atomic mass is 9.97. The number of nitrogens with one attached hydrogen (secondary N) is 1. The van der Waals surface area contributed by atoms with Gasteiger partial charge in [0.2, 0.25) is 11.9 Å². The third-order valence-electron chi connectivity index (χ3n) is 4.86. The predicted molar refractivity (Wildman–Crippen MR) is 99.7 cm³/mol. The van der Waals surface area contributed by atoms with Crippen LogP contribution in [0.4, 0.5) is 5.95 Å². The number of piperidine rings is 1. The van der Waals surface area contributed by atoms with Gasteiger partial charge in [0.05, 0.1) is 12.0 Å². The maximum Gasteiger partial charge on any atom is 0.225 e. The first-order valence-corrected chi connectivity index (χ1v) is 9.01. The summed E-state index contributed by atoms with van der Waals surface area (Å²) in [5, 5.41) is 4.15. The molecule has 0 spiro atoms. The van der Waals surface area contributed by atoms with Gasteiger partial charge in [0, 0.05) is 30.9 Å². The number of para-hydroxylation sites is 1. The highest BCUT2D eigenvalue weighted by Crippen LogP contribution is 2.25. The molecule has 1 aromatic carbocycles. The first-order valence-electron chi connectivity index (χ1n) is 9.01. The van der Waals surface area contributed by atoms with Crippen LogP contribution >= 0.6 is 0 Å². The average Bonchev–Trinajstić information content (AvgIpc) is 3.13. The van der Waals surface area contributed by atoms with Crippen LogP contribution < -0.4 is 10.2 Å². The van der Waals surface area contributed by atoms with Crippen LogP contribution in [0.1, 0.15) is 31.6 Å². The Kier molecular flexibility index (Phi) is 4.56. The van der Waals surface area contributed by atoms with Crippen molar-refractivity contribution in [3.8, 4) is 0 Å². The lowest BCUT2D eigenvalue weighted by Crippen LogP contribution is -2.44. The summed E-state index contributed by atoms with van der Waals surface area (Å²) in [6.45, 7) is 3.48. The van der Waals surface area contributed by atoms with Gasteiger partial charge in [-0.25, -0.2) is 9.97 Å². The van der Waals surface area contributed by atoms with Gasteiger partial charge in [-0.15, -0.1) is 0 Å². The maximum absolute atomic E-state index is 12.8. The van der Waals surface area contributed by atoms with Gasteiger partial charge in [-0.05, 0) is 38.0 Å². The molecule has 1 aliphatic heterocycles. The Labute approximate surface area is 152 Å². The number of amides is 1. The molecule has 0 radical (unpaired) electrons. The van der Waals surface area contributed by atoms with Gasteiger partial charge >= 0.3 is 0 Å². The summed E-state index contributed by atoms with van der Waals surface area (Å²) < 4.78 is 5.86. The second-order valence-corrected chi connectivity index (χ2v) is 6.75. The molecule has 1 N–H and O–H groups in total. The van der Waals surface area contributed by atoms with Gasteiger partial charge < -0.3 is 14.6 Å². The Balaban J connectivity index is 1.42. The molecule has 2 aromatic heterocycles. The number of carbonyl (C=O) groups is 1. The molecular weight excluding hydrogens is 328 g/mol. The second kappa shape index (κ2) is 7.15. The lowest BCUT2D eigenvalue weighted by molar-refractivity contribution is -0.126. The Hall–Kier alpha value is -2.89. The third-order valence-corrected chi connectivity index (χ3v) is 4.86. The molecule has 0 bridgehead atoms. The minimum Gasteiger partial charge on any atom is -0.459 e. The van der Waals surface area contributed by atoms with E-state index in [1.807, 2.05) is 37.3 Å². The number of nitrogens with zero attached hydrogens (tertiary/aromatic N) is 3. The zero-order chi connectivity index (χ0) is 17.9. The minimum absolute atomic E-state index is 0.0542. The molecule has 134 valence electrons. The largest absolute Gasteiger partial charge is 0.459 e. The van der Waals surface area contributed by atoms with Crippen LogP contribution in [0.15, 0.2) is 53.2 Å². The zero-order valence-corrected chi connectivity index (χ0v) is 14.8. The molecule has 6 nitrogen and oxygen atoms in total. The van der Waals surface area contributed by atoms with E-state index < -0.39 is 0 Å². The van der Waals surface area contributed by atoms with Crippen molar-refractivity contribution in [1.82, 2.24) is 15.3 Å².